The predicted molar refractivity (Wildman–Crippen MR) is 88.4 cm³/mol. The van der Waals surface area contributed by atoms with Crippen LogP contribution in [0.4, 0.5) is 13.2 Å². The summed E-state index contributed by atoms with van der Waals surface area (Å²) in [4.78, 5) is 17.9. The lowest BCUT2D eigenvalue weighted by Crippen LogP contribution is -2.43. The molecular weight excluding hydrogens is 347 g/mol. The number of pyridine rings is 1. The molecule has 0 spiro atoms. The molecule has 0 aliphatic carbocycles. The zero-order valence-corrected chi connectivity index (χ0v) is 14.1. The fourth-order valence-electron chi connectivity index (χ4n) is 3.04. The molecule has 0 atom stereocenters. The molecule has 1 aliphatic rings. The number of hydrogen-bond donors (Lipinski definition) is 1. The highest BCUT2D eigenvalue weighted by molar-refractivity contribution is 5.78. The zero-order chi connectivity index (χ0) is 18.6. The maximum Gasteiger partial charge on any atom is 0.401 e. The number of amides is 1. The second kappa shape index (κ2) is 7.86. The molecule has 1 saturated heterocycles. The summed E-state index contributed by atoms with van der Waals surface area (Å²) in [5.74, 6) is 0.295. The van der Waals surface area contributed by atoms with E-state index in [2.05, 4.69) is 15.4 Å². The van der Waals surface area contributed by atoms with Gasteiger partial charge in [0.05, 0.1) is 6.54 Å². The van der Waals surface area contributed by atoms with Crippen LogP contribution in [0.2, 0.25) is 0 Å². The van der Waals surface area contributed by atoms with Crippen LogP contribution in [0.3, 0.4) is 0 Å². The SMILES string of the molecule is O=C(NCc1ccnc(-n2cccn2)c1)C1CCN(CC(F)(F)F)CC1. The van der Waals surface area contributed by atoms with Crippen molar-refractivity contribution in [3.05, 3.63) is 42.4 Å². The lowest BCUT2D eigenvalue weighted by Gasteiger charge is -2.31. The first kappa shape index (κ1) is 18.4. The molecule has 0 radical (unpaired) electrons. The molecule has 0 bridgehead atoms. The molecule has 140 valence electrons. The lowest BCUT2D eigenvalue weighted by atomic mass is 9.96. The van der Waals surface area contributed by atoms with Gasteiger partial charge in [-0.05, 0) is 49.7 Å². The van der Waals surface area contributed by atoms with Gasteiger partial charge in [-0.25, -0.2) is 9.67 Å². The number of alkyl halides is 3. The van der Waals surface area contributed by atoms with E-state index in [-0.39, 0.29) is 24.9 Å². The number of carbonyl (C=O) groups is 1. The smallest absolute Gasteiger partial charge is 0.352 e. The molecule has 1 amide bonds. The Balaban J connectivity index is 1.48. The molecule has 26 heavy (non-hydrogen) atoms. The topological polar surface area (TPSA) is 63.1 Å². The van der Waals surface area contributed by atoms with Crippen LogP contribution in [0, 0.1) is 5.92 Å². The van der Waals surface area contributed by atoms with Gasteiger partial charge in [-0.2, -0.15) is 18.3 Å². The van der Waals surface area contributed by atoms with Gasteiger partial charge in [0.2, 0.25) is 5.91 Å². The molecule has 0 aromatic carbocycles. The molecule has 0 unspecified atom stereocenters. The van der Waals surface area contributed by atoms with Crippen LogP contribution in [0.25, 0.3) is 5.82 Å². The van der Waals surface area contributed by atoms with Crippen molar-refractivity contribution in [3.8, 4) is 5.82 Å². The molecule has 0 saturated carbocycles. The van der Waals surface area contributed by atoms with E-state index in [0.717, 1.165) is 5.56 Å². The molecule has 1 fully saturated rings. The third kappa shape index (κ3) is 5.04. The number of piperidine rings is 1. The molecule has 2 aromatic heterocycles. The Labute approximate surface area is 149 Å². The van der Waals surface area contributed by atoms with Crippen molar-refractivity contribution in [2.24, 2.45) is 5.92 Å². The minimum Gasteiger partial charge on any atom is -0.352 e. The van der Waals surface area contributed by atoms with E-state index >= 15 is 0 Å². The Morgan fingerprint density at radius 3 is 2.69 bits per heavy atom. The van der Waals surface area contributed by atoms with Gasteiger partial charge in [0.25, 0.3) is 0 Å². The van der Waals surface area contributed by atoms with Crippen LogP contribution in [0.1, 0.15) is 18.4 Å². The monoisotopic (exact) mass is 367 g/mol. The van der Waals surface area contributed by atoms with Crippen LogP contribution in [-0.2, 0) is 11.3 Å². The Hall–Kier alpha value is -2.42. The van der Waals surface area contributed by atoms with Crippen molar-refractivity contribution in [1.29, 1.82) is 0 Å². The molecule has 1 aliphatic heterocycles. The van der Waals surface area contributed by atoms with E-state index in [4.69, 9.17) is 0 Å². The van der Waals surface area contributed by atoms with Crippen LogP contribution in [-0.4, -0.2) is 51.4 Å². The molecule has 6 nitrogen and oxygen atoms in total. The minimum absolute atomic E-state index is 0.117. The summed E-state index contributed by atoms with van der Waals surface area (Å²) < 4.78 is 38.8. The van der Waals surface area contributed by atoms with Gasteiger partial charge < -0.3 is 5.32 Å². The van der Waals surface area contributed by atoms with E-state index in [1.807, 2.05) is 6.07 Å². The van der Waals surface area contributed by atoms with Crippen molar-refractivity contribution in [2.75, 3.05) is 19.6 Å². The standard InChI is InChI=1S/C17H20F3N5O/c18-17(19,20)12-24-8-3-14(4-9-24)16(26)22-11-13-2-6-21-15(10-13)25-7-1-5-23-25/h1-2,5-7,10,14H,3-4,8-9,11-12H2,(H,22,26). The van der Waals surface area contributed by atoms with Crippen molar-refractivity contribution >= 4 is 5.91 Å². The fraction of sp³-hybridized carbons (Fsp3) is 0.471. The van der Waals surface area contributed by atoms with Gasteiger partial charge in [0, 0.05) is 31.1 Å². The second-order valence-corrected chi connectivity index (χ2v) is 6.36. The van der Waals surface area contributed by atoms with Gasteiger partial charge in [-0.3, -0.25) is 9.69 Å². The van der Waals surface area contributed by atoms with Crippen LogP contribution >= 0.6 is 0 Å². The molecular formula is C17H20F3N5O. The first-order valence-electron chi connectivity index (χ1n) is 8.42. The maximum atomic E-state index is 12.4. The summed E-state index contributed by atoms with van der Waals surface area (Å²) in [7, 11) is 0. The Kier molecular flexibility index (Phi) is 5.55. The normalized spacial score (nSPS) is 16.6. The summed E-state index contributed by atoms with van der Waals surface area (Å²) in [6, 6.07) is 5.43. The minimum atomic E-state index is -4.19. The number of nitrogens with one attached hydrogen (secondary N) is 1. The largest absolute Gasteiger partial charge is 0.401 e. The highest BCUT2D eigenvalue weighted by atomic mass is 19.4. The summed E-state index contributed by atoms with van der Waals surface area (Å²) in [5.41, 5.74) is 0.883. The van der Waals surface area contributed by atoms with Gasteiger partial charge in [0.15, 0.2) is 5.82 Å². The lowest BCUT2D eigenvalue weighted by molar-refractivity contribution is -0.149. The molecule has 9 heteroatoms. The number of rotatable bonds is 5. The Morgan fingerprint density at radius 2 is 2.04 bits per heavy atom. The van der Waals surface area contributed by atoms with Gasteiger partial charge in [0.1, 0.15) is 0 Å². The van der Waals surface area contributed by atoms with Crippen LogP contribution in [0.15, 0.2) is 36.8 Å². The summed E-state index contributed by atoms with van der Waals surface area (Å²) in [6.45, 7) is 0.0134. The average molecular weight is 367 g/mol. The number of likely N-dealkylation sites (tertiary alicyclic amines) is 1. The third-order valence-corrected chi connectivity index (χ3v) is 4.38. The molecule has 1 N–H and O–H groups in total. The van der Waals surface area contributed by atoms with Gasteiger partial charge in [-0.1, -0.05) is 0 Å². The van der Waals surface area contributed by atoms with Crippen molar-refractivity contribution in [1.82, 2.24) is 25.0 Å². The fourth-order valence-corrected chi connectivity index (χ4v) is 3.04. The van der Waals surface area contributed by atoms with Crippen molar-refractivity contribution < 1.29 is 18.0 Å². The number of nitrogens with zero attached hydrogens (tertiary/aromatic N) is 4. The van der Waals surface area contributed by atoms with E-state index in [9.17, 15) is 18.0 Å². The highest BCUT2D eigenvalue weighted by Crippen LogP contribution is 2.22. The Bertz CT molecular complexity index is 724. The third-order valence-electron chi connectivity index (χ3n) is 4.38. The molecule has 3 heterocycles. The average Bonchev–Trinajstić information content (AvgIpc) is 3.14. The summed E-state index contributed by atoms with van der Waals surface area (Å²) in [6.07, 6.45) is 1.77. The zero-order valence-electron chi connectivity index (χ0n) is 14.1. The van der Waals surface area contributed by atoms with Crippen molar-refractivity contribution in [2.45, 2.75) is 25.6 Å². The number of hydrogen-bond acceptors (Lipinski definition) is 4. The Morgan fingerprint density at radius 1 is 1.27 bits per heavy atom. The number of aromatic nitrogens is 3. The number of halogens is 3. The highest BCUT2D eigenvalue weighted by Gasteiger charge is 2.33. The van der Waals surface area contributed by atoms with Crippen LogP contribution in [0.5, 0.6) is 0 Å². The second-order valence-electron chi connectivity index (χ2n) is 6.36. The first-order valence-corrected chi connectivity index (χ1v) is 8.42. The predicted octanol–water partition coefficient (Wildman–Crippen LogP) is 2.16. The van der Waals surface area contributed by atoms with E-state index in [1.165, 1.54) is 4.90 Å². The summed E-state index contributed by atoms with van der Waals surface area (Å²) >= 11 is 0. The maximum absolute atomic E-state index is 12.4. The van der Waals surface area contributed by atoms with Gasteiger partial charge in [-0.15, -0.1) is 0 Å². The van der Waals surface area contributed by atoms with E-state index in [1.54, 1.807) is 35.4 Å². The first-order chi connectivity index (χ1) is 12.4. The van der Waals surface area contributed by atoms with E-state index < -0.39 is 12.7 Å². The summed E-state index contributed by atoms with van der Waals surface area (Å²) in [5, 5.41) is 6.98. The van der Waals surface area contributed by atoms with Crippen LogP contribution < -0.4 is 5.32 Å². The van der Waals surface area contributed by atoms with E-state index in [0.29, 0.717) is 25.2 Å². The van der Waals surface area contributed by atoms with Crippen molar-refractivity contribution in [3.63, 3.8) is 0 Å². The molecule has 3 rings (SSSR count). The van der Waals surface area contributed by atoms with Gasteiger partial charge >= 0.3 is 6.18 Å². The quantitative estimate of drug-likeness (QED) is 0.880. The number of carbonyl (C=O) groups excluding carboxylic acids is 1. The molecule has 2 aromatic rings.